The van der Waals surface area contributed by atoms with E-state index < -0.39 is 11.0 Å². The van der Waals surface area contributed by atoms with E-state index in [1.165, 1.54) is 0 Å². The number of carbonyl (C=O) groups is 1. The minimum absolute atomic E-state index is 0.0113. The lowest BCUT2D eigenvalue weighted by atomic mass is 9.54. The molecule has 5 nitrogen and oxygen atoms in total. The fraction of sp³-hybridized carbons (Fsp3) is 0.360. The third-order valence-electron chi connectivity index (χ3n) is 6.64. The van der Waals surface area contributed by atoms with Crippen molar-refractivity contribution in [3.05, 3.63) is 70.9 Å². The van der Waals surface area contributed by atoms with Crippen LogP contribution in [-0.2, 0) is 0 Å². The highest BCUT2D eigenvalue weighted by molar-refractivity contribution is 6.05. The number of ketones is 1. The van der Waals surface area contributed by atoms with Gasteiger partial charge < -0.3 is 9.58 Å². The lowest BCUT2D eigenvalue weighted by molar-refractivity contribution is -0.112. The number of benzene rings is 2. The zero-order valence-corrected chi connectivity index (χ0v) is 16.6. The predicted molar refractivity (Wildman–Crippen MR) is 113 cm³/mol. The smallest absolute Gasteiger partial charge is 0.215 e. The van der Waals surface area contributed by atoms with Crippen LogP contribution < -0.4 is 4.74 Å². The van der Waals surface area contributed by atoms with Crippen molar-refractivity contribution in [3.8, 4) is 22.9 Å². The zero-order valence-electron chi connectivity index (χ0n) is 16.6. The van der Waals surface area contributed by atoms with E-state index in [1.54, 1.807) is 18.2 Å². The van der Waals surface area contributed by atoms with Crippen LogP contribution in [-0.4, -0.2) is 17.9 Å². The van der Waals surface area contributed by atoms with E-state index in [2.05, 4.69) is 15.8 Å². The molecule has 1 atom stereocenters. The van der Waals surface area contributed by atoms with Gasteiger partial charge in [0.2, 0.25) is 6.54 Å². The first kappa shape index (κ1) is 19.7. The quantitative estimate of drug-likeness (QED) is 0.583. The molecule has 1 aliphatic carbocycles. The van der Waals surface area contributed by atoms with Gasteiger partial charge in [-0.3, -0.25) is 4.79 Å². The molecule has 5 heteroatoms. The molecule has 0 bridgehead atoms. The normalized spacial score (nSPS) is 20.8. The van der Waals surface area contributed by atoms with Crippen molar-refractivity contribution in [3.63, 3.8) is 0 Å². The molecule has 0 radical (unpaired) electrons. The number of rotatable bonds is 5. The minimum Gasteiger partial charge on any atom is -0.485 e. The van der Waals surface area contributed by atoms with Crippen LogP contribution in [0.4, 0.5) is 5.69 Å². The van der Waals surface area contributed by atoms with Crippen molar-refractivity contribution in [2.75, 3.05) is 6.54 Å². The number of fused-ring (bicyclic) bond motifs is 1. The van der Waals surface area contributed by atoms with E-state index in [9.17, 15) is 10.1 Å². The van der Waals surface area contributed by atoms with Gasteiger partial charge in [-0.15, -0.1) is 0 Å². The number of ether oxygens (including phenoxy) is 1. The molecule has 1 saturated carbocycles. The Kier molecular flexibility index (Phi) is 5.03. The van der Waals surface area contributed by atoms with E-state index >= 15 is 0 Å². The van der Waals surface area contributed by atoms with E-state index in [-0.39, 0.29) is 18.7 Å². The van der Waals surface area contributed by atoms with Gasteiger partial charge in [-0.1, -0.05) is 30.3 Å². The van der Waals surface area contributed by atoms with Crippen LogP contribution in [0.15, 0.2) is 42.5 Å². The number of hydrogen-bond acceptors (Lipinski definition) is 3. The van der Waals surface area contributed by atoms with E-state index in [4.69, 9.17) is 17.9 Å². The summed E-state index contributed by atoms with van der Waals surface area (Å²) in [6.07, 6.45) is 3.65. The summed E-state index contributed by atoms with van der Waals surface area (Å²) in [6.45, 7) is 14.6. The largest absolute Gasteiger partial charge is 0.485 e. The number of hydrogen-bond donors (Lipinski definition) is 0. The standard InChI is InChI=1S/C25H21N3O2/c1-27-16-14-24(11-4-15-26)23(29)21-10-7-19(18-5-8-20(28-2)9-6-18)17-22(21)30-25(24)12-3-13-25/h5-10,17H,3-4,11-14,16H2. The summed E-state index contributed by atoms with van der Waals surface area (Å²) in [5.74, 6) is 0.596. The number of nitrogens with zero attached hydrogens (tertiary/aromatic N) is 3. The van der Waals surface area contributed by atoms with Crippen LogP contribution in [0.2, 0.25) is 0 Å². The molecule has 1 fully saturated rings. The maximum Gasteiger partial charge on any atom is 0.215 e. The summed E-state index contributed by atoms with van der Waals surface area (Å²) in [7, 11) is 0. The van der Waals surface area contributed by atoms with Crippen molar-refractivity contribution in [1.29, 1.82) is 5.26 Å². The van der Waals surface area contributed by atoms with Gasteiger partial charge in [-0.05, 0) is 48.9 Å². The molecule has 148 valence electrons. The third-order valence-corrected chi connectivity index (χ3v) is 6.64. The average molecular weight is 395 g/mol. The second-order valence-electron chi connectivity index (χ2n) is 8.02. The van der Waals surface area contributed by atoms with Crippen molar-refractivity contribution in [2.24, 2.45) is 5.41 Å². The second-order valence-corrected chi connectivity index (χ2v) is 8.02. The lowest BCUT2D eigenvalue weighted by Crippen LogP contribution is -2.63. The highest BCUT2D eigenvalue weighted by Gasteiger charge is 2.63. The Morgan fingerprint density at radius 1 is 1.07 bits per heavy atom. The summed E-state index contributed by atoms with van der Waals surface area (Å²) in [5.41, 5.74) is 1.58. The molecule has 1 unspecified atom stereocenters. The molecule has 0 N–H and O–H groups in total. The summed E-state index contributed by atoms with van der Waals surface area (Å²) < 4.78 is 6.56. The molecule has 2 aromatic rings. The Hall–Kier alpha value is -3.62. The molecular weight excluding hydrogens is 374 g/mol. The number of carbonyl (C=O) groups excluding carboxylic acids is 1. The van der Waals surface area contributed by atoms with E-state index in [0.29, 0.717) is 29.8 Å². The SMILES string of the molecule is [C-]#[N+]CCC1(CCC#N)C(=O)c2ccc(-c3ccc([N+]#[C-])cc3)cc2OC12CCC2. The Labute approximate surface area is 176 Å². The van der Waals surface area contributed by atoms with Gasteiger partial charge in [0.05, 0.1) is 23.6 Å². The Bertz CT molecular complexity index is 1090. The molecule has 1 aliphatic heterocycles. The first-order valence-electron chi connectivity index (χ1n) is 10.2. The van der Waals surface area contributed by atoms with Crippen LogP contribution in [0, 0.1) is 29.9 Å². The van der Waals surface area contributed by atoms with Crippen LogP contribution >= 0.6 is 0 Å². The predicted octanol–water partition coefficient (Wildman–Crippen LogP) is 6.00. The number of Topliss-reactive ketones (excluding diaryl/α,β-unsaturated/α-hetero) is 1. The maximum atomic E-state index is 13.8. The van der Waals surface area contributed by atoms with Gasteiger partial charge >= 0.3 is 0 Å². The van der Waals surface area contributed by atoms with Crippen molar-refractivity contribution in [1.82, 2.24) is 0 Å². The van der Waals surface area contributed by atoms with Crippen molar-refractivity contribution in [2.45, 2.75) is 44.1 Å². The van der Waals surface area contributed by atoms with E-state index in [0.717, 1.165) is 30.4 Å². The van der Waals surface area contributed by atoms with E-state index in [1.807, 2.05) is 24.3 Å². The van der Waals surface area contributed by atoms with Gasteiger partial charge in [-0.2, -0.15) is 5.26 Å². The molecule has 30 heavy (non-hydrogen) atoms. The van der Waals surface area contributed by atoms with Crippen LogP contribution in [0.1, 0.15) is 48.9 Å². The van der Waals surface area contributed by atoms with Gasteiger partial charge in [0.15, 0.2) is 11.5 Å². The second kappa shape index (κ2) is 7.66. The Morgan fingerprint density at radius 3 is 2.40 bits per heavy atom. The zero-order chi connectivity index (χ0) is 21.2. The monoisotopic (exact) mass is 395 g/mol. The molecule has 1 spiro atoms. The van der Waals surface area contributed by atoms with Crippen LogP contribution in [0.3, 0.4) is 0 Å². The molecule has 0 aromatic heterocycles. The highest BCUT2D eigenvalue weighted by atomic mass is 16.5. The minimum atomic E-state index is -0.808. The molecule has 4 rings (SSSR count). The third kappa shape index (κ3) is 2.94. The summed E-state index contributed by atoms with van der Waals surface area (Å²) in [6, 6.07) is 15.1. The van der Waals surface area contributed by atoms with Gasteiger partial charge in [-0.25, -0.2) is 11.4 Å². The average Bonchev–Trinajstić information content (AvgIpc) is 2.76. The van der Waals surface area contributed by atoms with Crippen molar-refractivity contribution >= 4 is 11.5 Å². The molecule has 2 aliphatic rings. The molecule has 0 amide bonds. The fourth-order valence-corrected chi connectivity index (χ4v) is 4.88. The molecule has 0 saturated heterocycles. The van der Waals surface area contributed by atoms with Crippen molar-refractivity contribution < 1.29 is 9.53 Å². The van der Waals surface area contributed by atoms with Gasteiger partial charge in [0, 0.05) is 12.8 Å². The fourth-order valence-electron chi connectivity index (χ4n) is 4.88. The summed E-state index contributed by atoms with van der Waals surface area (Å²) in [5, 5.41) is 9.20. The Balaban J connectivity index is 1.77. The first-order valence-corrected chi connectivity index (χ1v) is 10.2. The Morgan fingerprint density at radius 2 is 1.80 bits per heavy atom. The van der Waals surface area contributed by atoms with Crippen LogP contribution in [0.5, 0.6) is 5.75 Å². The topological polar surface area (TPSA) is 58.8 Å². The molecule has 1 heterocycles. The number of nitriles is 1. The maximum absolute atomic E-state index is 13.8. The van der Waals surface area contributed by atoms with Gasteiger partial charge in [0.1, 0.15) is 11.4 Å². The van der Waals surface area contributed by atoms with Crippen LogP contribution in [0.25, 0.3) is 20.8 Å². The summed E-state index contributed by atoms with van der Waals surface area (Å²) >= 11 is 0. The van der Waals surface area contributed by atoms with Gasteiger partial charge in [0.25, 0.3) is 0 Å². The molecule has 2 aromatic carbocycles. The first-order chi connectivity index (χ1) is 14.6. The lowest BCUT2D eigenvalue weighted by Gasteiger charge is -2.56. The highest BCUT2D eigenvalue weighted by Crippen LogP contribution is 2.58. The summed E-state index contributed by atoms with van der Waals surface area (Å²) in [4.78, 5) is 20.7. The molecular formula is C25H21N3O2.